The van der Waals surface area contributed by atoms with Crippen LogP contribution in [-0.4, -0.2) is 154 Å². The lowest BCUT2D eigenvalue weighted by atomic mass is 9.97. The van der Waals surface area contributed by atoms with Crippen molar-refractivity contribution in [1.82, 2.24) is 34.4 Å². The molecule has 20 nitrogen and oxygen atoms in total. The number of hydrogen-bond acceptors (Lipinski definition) is 16. The van der Waals surface area contributed by atoms with Gasteiger partial charge in [0.25, 0.3) is 0 Å². The minimum Gasteiger partial charge on any atom is -0.493 e. The van der Waals surface area contributed by atoms with Crippen LogP contribution >= 0.6 is 15.9 Å². The molecule has 6 aromatic carbocycles. The zero-order valence-electron chi connectivity index (χ0n) is 69.8. The fourth-order valence-corrected chi connectivity index (χ4v) is 15.3. The molecule has 0 spiro atoms. The van der Waals surface area contributed by atoms with Crippen molar-refractivity contribution in [3.63, 3.8) is 0 Å². The zero-order valence-corrected chi connectivity index (χ0v) is 73.4. The number of alkyl halides is 9. The number of piperidine rings is 3. The Kier molecular flexibility index (Phi) is 34.1. The number of halogens is 10. The van der Waals surface area contributed by atoms with Crippen molar-refractivity contribution in [3.8, 4) is 51.4 Å². The van der Waals surface area contributed by atoms with E-state index in [-0.39, 0.29) is 48.4 Å². The lowest BCUT2D eigenvalue weighted by Gasteiger charge is -2.33. The number of nitrogens with zero attached hydrogens (tertiary/aromatic N) is 7. The van der Waals surface area contributed by atoms with Crippen LogP contribution in [0.4, 0.5) is 50.9 Å². The number of carbonyl (C=O) groups excluding carboxylic acids is 2. The number of benzene rings is 6. The molecule has 120 heavy (non-hydrogen) atoms. The summed E-state index contributed by atoms with van der Waals surface area (Å²) in [5.74, 6) is 2.49. The van der Waals surface area contributed by atoms with E-state index in [4.69, 9.17) is 33.2 Å². The number of carboxylic acids is 1. The van der Waals surface area contributed by atoms with Gasteiger partial charge in [0.05, 0.1) is 55.9 Å². The molecule has 0 saturated carbocycles. The van der Waals surface area contributed by atoms with Crippen molar-refractivity contribution in [2.45, 2.75) is 157 Å². The van der Waals surface area contributed by atoms with E-state index in [1.807, 2.05) is 75.4 Å². The lowest BCUT2D eigenvalue weighted by molar-refractivity contribution is -0.141. The predicted octanol–water partition coefficient (Wildman–Crippen LogP) is 21.3. The lowest BCUT2D eigenvalue weighted by Crippen LogP contribution is -2.35. The molecule has 3 aliphatic heterocycles. The van der Waals surface area contributed by atoms with Crippen molar-refractivity contribution >= 4 is 61.4 Å². The van der Waals surface area contributed by atoms with E-state index in [2.05, 4.69) is 90.3 Å². The molecule has 3 N–H and O–H groups in total. The molecule has 0 unspecified atom stereocenters. The largest absolute Gasteiger partial charge is 0.493 e. The van der Waals surface area contributed by atoms with Crippen LogP contribution in [0.5, 0.6) is 17.2 Å². The van der Waals surface area contributed by atoms with Crippen LogP contribution in [0.2, 0.25) is 51.4 Å². The summed E-state index contributed by atoms with van der Waals surface area (Å²) in [5, 5.41) is 12.6. The third-order valence-electron chi connectivity index (χ3n) is 20.8. The molecular weight excluding hydrogens is 1670 g/mol. The molecule has 650 valence electrons. The number of anilines is 2. The molecule has 6 heterocycles. The summed E-state index contributed by atoms with van der Waals surface area (Å²) in [6, 6.07) is 39.7. The number of hydrogen-bond donors (Lipinski definition) is 3. The highest BCUT2D eigenvalue weighted by molar-refractivity contribution is 9.10. The quantitative estimate of drug-likeness (QED) is 0.0172. The maximum atomic E-state index is 13.5. The molecule has 3 saturated heterocycles. The van der Waals surface area contributed by atoms with Gasteiger partial charge in [-0.2, -0.15) is 39.5 Å². The number of aromatic carboxylic acids is 1. The maximum Gasteiger partial charge on any atom is 0.434 e. The second kappa shape index (κ2) is 43.3. The first-order valence-electron chi connectivity index (χ1n) is 40.3. The molecule has 3 fully saturated rings. The Morgan fingerprint density at radius 1 is 0.500 bits per heavy atom. The number of aromatic amines is 1. The third-order valence-corrected chi connectivity index (χ3v) is 24.7. The number of H-pyrrole nitrogens is 1. The van der Waals surface area contributed by atoms with E-state index in [0.717, 1.165) is 148 Å². The Labute approximate surface area is 706 Å². The van der Waals surface area contributed by atoms with Gasteiger partial charge in [-0.15, -0.1) is 0 Å². The first-order valence-corrected chi connectivity index (χ1v) is 48.6. The molecule has 0 radical (unpaired) electrons. The summed E-state index contributed by atoms with van der Waals surface area (Å²) < 4.78 is 161. The molecule has 0 atom stereocenters. The van der Waals surface area contributed by atoms with Crippen LogP contribution in [-0.2, 0) is 50.9 Å². The fourth-order valence-electron chi connectivity index (χ4n) is 13.5. The number of aromatic nitrogens is 6. The highest BCUT2D eigenvalue weighted by atomic mass is 79.9. The fraction of sp³-hybridized carbons (Fsp3) is 0.455. The second-order valence-electron chi connectivity index (χ2n) is 32.3. The van der Waals surface area contributed by atoms with E-state index in [1.54, 1.807) is 86.6 Å². The van der Waals surface area contributed by atoms with Gasteiger partial charge in [-0.25, -0.2) is 29.3 Å². The summed E-state index contributed by atoms with van der Waals surface area (Å²) >= 11 is 3.32. The molecule has 9 aromatic rings. The molecule has 0 bridgehead atoms. The number of esters is 2. The molecule has 32 heteroatoms. The molecule has 3 aliphatic rings. The van der Waals surface area contributed by atoms with Gasteiger partial charge in [-0.3, -0.25) is 0 Å². The van der Waals surface area contributed by atoms with Gasteiger partial charge in [0.2, 0.25) is 0 Å². The number of carbonyl (C=O) groups is 3. The maximum absolute atomic E-state index is 13.5. The number of carboxylic acid groups (broad SMARTS) is 1. The molecule has 12 rings (SSSR count). The van der Waals surface area contributed by atoms with Gasteiger partial charge in [-0.1, -0.05) is 85.5 Å². The molecular formula is C88H109BrF9N9O11Si2. The molecule has 3 aromatic heterocycles. The Bertz CT molecular complexity index is 4760. The van der Waals surface area contributed by atoms with Crippen molar-refractivity contribution in [2.24, 2.45) is 17.8 Å². The normalized spacial score (nSPS) is 14.5. The summed E-state index contributed by atoms with van der Waals surface area (Å²) in [6.07, 6.45) is -4.61. The highest BCUT2D eigenvalue weighted by Gasteiger charge is 2.38. The SMILES string of the molecule is CCOC(=O)c1cccc(OCC2CCN(c3ccc(-c4nc(C(F)(F)F)cn4COCC[Si](C)(C)C)cc3)CC2)c1C.CCOC(=O)c1cccc(OCC2CCNCC2)c1C.C[Si](C)(C)CCOCn1cc(C(F)(F)F)nc1-c1ccc(Br)cc1.Cc1c(OCC2CCN(c3ccc(-c4ncc(C(F)(F)F)[nH]4)cc3)CC2)cccc1C(=O)O. The third kappa shape index (κ3) is 28.3. The van der Waals surface area contributed by atoms with Gasteiger partial charge in [0, 0.05) is 117 Å². The van der Waals surface area contributed by atoms with Gasteiger partial charge >= 0.3 is 36.4 Å². The first kappa shape index (κ1) is 94.4. The zero-order chi connectivity index (χ0) is 87.1. The van der Waals surface area contributed by atoms with Crippen LogP contribution in [0.1, 0.15) is 117 Å². The summed E-state index contributed by atoms with van der Waals surface area (Å²) in [7, 11) is -2.55. The van der Waals surface area contributed by atoms with Crippen molar-refractivity contribution in [1.29, 1.82) is 0 Å². The first-order chi connectivity index (χ1) is 56.9. The van der Waals surface area contributed by atoms with Gasteiger partial charge in [-0.05, 0) is 213 Å². The van der Waals surface area contributed by atoms with E-state index in [0.29, 0.717) is 102 Å². The Morgan fingerprint density at radius 3 is 1.23 bits per heavy atom. The van der Waals surface area contributed by atoms with Crippen LogP contribution in [0.25, 0.3) is 34.2 Å². The summed E-state index contributed by atoms with van der Waals surface area (Å²) in [6.45, 7) is 31.6. The summed E-state index contributed by atoms with van der Waals surface area (Å²) in [5.41, 5.74) is 4.76. The number of imidazole rings is 3. The van der Waals surface area contributed by atoms with E-state index < -0.39 is 57.7 Å². The summed E-state index contributed by atoms with van der Waals surface area (Å²) in [4.78, 5) is 53.7. The molecule has 0 aliphatic carbocycles. The van der Waals surface area contributed by atoms with Crippen molar-refractivity contribution in [2.75, 3.05) is 95.3 Å². The smallest absolute Gasteiger partial charge is 0.434 e. The topological polar surface area (TPSA) is 219 Å². The number of ether oxygens (including phenoxy) is 7. The van der Waals surface area contributed by atoms with Crippen LogP contribution < -0.4 is 29.3 Å². The minimum absolute atomic E-state index is 0.0207. The van der Waals surface area contributed by atoms with Gasteiger partial charge in [0.15, 0.2) is 11.4 Å². The van der Waals surface area contributed by atoms with E-state index >= 15 is 0 Å². The van der Waals surface area contributed by atoms with Crippen molar-refractivity contribution < 1.29 is 92.2 Å². The Balaban J connectivity index is 0.000000190. The van der Waals surface area contributed by atoms with E-state index in [9.17, 15) is 59.0 Å². The number of rotatable bonds is 29. The average Bonchev–Trinajstić information content (AvgIpc) is 1.67. The standard InChI is InChI=1S/C32H42F3N3O4Si.C24H24F3N3O3.C16H20BrF3N2OSi.C16H23NO3/c1-6-41-31(39)27-8-7-9-28(23(27)2)42-21-24-14-16-37(17-15-24)26-12-10-25(11-13-26)30-36-29(32(33,34)35)20-38(30)22-40-18-19-43(3,4)5;1-15-19(23(31)32)3-2-4-20(15)33-14-16-9-11-30(12-10-16)18-7-5-17(6-8-18)22-28-13-21(29-22)24(25,26)27;1-24(2,3)9-8-23-11-22-10-14(16(18,19)20)21-15(22)12-4-6-13(17)7-5-12;1-3-19-16(18)14-5-4-6-15(12(14)2)20-11-13-7-9-17-10-8-13/h7-13,20,24H,6,14-19,21-22H2,1-5H3;2-8,13,16H,9-12,14H2,1H3,(H,28,29)(H,31,32);4-7,10H,8-9,11H2,1-3H3;4-6,13,17H,3,7-11H2,1-2H3. The van der Waals surface area contributed by atoms with Crippen LogP contribution in [0.15, 0.2) is 150 Å². The second-order valence-corrected chi connectivity index (χ2v) is 44.5. The number of nitrogens with one attached hydrogen (secondary N) is 2. The highest BCUT2D eigenvalue weighted by Crippen LogP contribution is 2.37. The van der Waals surface area contributed by atoms with Crippen molar-refractivity contribution in [3.05, 3.63) is 201 Å². The average molecular weight is 1780 g/mol. The van der Waals surface area contributed by atoms with Gasteiger partial charge in [0.1, 0.15) is 53.9 Å². The van der Waals surface area contributed by atoms with E-state index in [1.165, 1.54) is 9.13 Å². The molecule has 0 amide bonds. The van der Waals surface area contributed by atoms with Crippen LogP contribution in [0, 0.1) is 38.5 Å². The predicted molar refractivity (Wildman–Crippen MR) is 455 cm³/mol. The van der Waals surface area contributed by atoms with Crippen LogP contribution in [0.3, 0.4) is 0 Å². The minimum atomic E-state index is -4.53. The Morgan fingerprint density at radius 2 is 0.867 bits per heavy atom. The monoisotopic (exact) mass is 1770 g/mol. The van der Waals surface area contributed by atoms with Gasteiger partial charge < -0.3 is 67.5 Å². The Hall–Kier alpha value is -9.48.